The van der Waals surface area contributed by atoms with E-state index < -0.39 is 5.97 Å². The van der Waals surface area contributed by atoms with Crippen molar-refractivity contribution < 1.29 is 18.7 Å². The van der Waals surface area contributed by atoms with Gasteiger partial charge in [0.05, 0.1) is 11.3 Å². The van der Waals surface area contributed by atoms with Crippen molar-refractivity contribution in [2.75, 3.05) is 10.7 Å². The summed E-state index contributed by atoms with van der Waals surface area (Å²) >= 11 is 1.51. The number of rotatable bonds is 4. The van der Waals surface area contributed by atoms with Gasteiger partial charge in [0.15, 0.2) is 0 Å². The first-order valence-electron chi connectivity index (χ1n) is 10.6. The highest BCUT2D eigenvalue weighted by Crippen LogP contribution is 2.43. The van der Waals surface area contributed by atoms with Gasteiger partial charge in [-0.25, -0.2) is 9.18 Å². The molecule has 2 aliphatic rings. The zero-order valence-corrected chi connectivity index (χ0v) is 18.5. The number of carbonyl (C=O) groups excluding carboxylic acids is 2. The molecule has 4 nitrogen and oxygen atoms in total. The van der Waals surface area contributed by atoms with Crippen molar-refractivity contribution in [1.29, 1.82) is 0 Å². The first-order valence-corrected chi connectivity index (χ1v) is 11.7. The van der Waals surface area contributed by atoms with Gasteiger partial charge >= 0.3 is 5.97 Å². The first-order chi connectivity index (χ1) is 15.5. The number of fused-ring (bicyclic) bond motifs is 1. The van der Waals surface area contributed by atoms with Crippen LogP contribution in [0.15, 0.2) is 60.7 Å². The van der Waals surface area contributed by atoms with Crippen LogP contribution in [0.1, 0.15) is 44.4 Å². The third kappa shape index (κ3) is 3.79. The minimum Gasteiger partial charge on any atom is -0.423 e. The fourth-order valence-corrected chi connectivity index (χ4v) is 5.62. The molecule has 1 saturated heterocycles. The Morgan fingerprint density at radius 2 is 1.91 bits per heavy atom. The summed E-state index contributed by atoms with van der Waals surface area (Å²) in [5, 5.41) is -0.230. The molecule has 5 rings (SSSR count). The second-order valence-electron chi connectivity index (χ2n) is 8.12. The molecule has 1 aliphatic carbocycles. The Kier molecular flexibility index (Phi) is 5.47. The smallest absolute Gasteiger partial charge is 0.343 e. The maximum atomic E-state index is 13.4. The molecule has 0 radical (unpaired) electrons. The lowest BCUT2D eigenvalue weighted by Crippen LogP contribution is -2.28. The zero-order chi connectivity index (χ0) is 22.2. The summed E-state index contributed by atoms with van der Waals surface area (Å²) in [5.41, 5.74) is 5.23. The quantitative estimate of drug-likeness (QED) is 0.385. The average molecular weight is 448 g/mol. The highest BCUT2D eigenvalue weighted by Gasteiger charge is 2.35. The summed E-state index contributed by atoms with van der Waals surface area (Å²) in [6.07, 6.45) is 3.02. The van der Waals surface area contributed by atoms with Crippen LogP contribution in [0.3, 0.4) is 0 Å². The second-order valence-corrected chi connectivity index (χ2v) is 9.19. The number of esters is 1. The number of amides is 1. The monoisotopic (exact) mass is 447 g/mol. The molecule has 1 atom stereocenters. The van der Waals surface area contributed by atoms with E-state index in [1.165, 1.54) is 29.5 Å². The van der Waals surface area contributed by atoms with Gasteiger partial charge in [0.1, 0.15) is 16.9 Å². The molecular weight excluding hydrogens is 425 g/mol. The van der Waals surface area contributed by atoms with Crippen LogP contribution in [0, 0.1) is 12.7 Å². The lowest BCUT2D eigenvalue weighted by atomic mass is 10.1. The van der Waals surface area contributed by atoms with E-state index in [-0.39, 0.29) is 17.1 Å². The minimum atomic E-state index is -0.405. The van der Waals surface area contributed by atoms with Crippen molar-refractivity contribution in [3.63, 3.8) is 0 Å². The van der Waals surface area contributed by atoms with Crippen LogP contribution in [-0.4, -0.2) is 17.6 Å². The van der Waals surface area contributed by atoms with Gasteiger partial charge in [0.2, 0.25) is 5.91 Å². The Hall–Kier alpha value is -3.12. The maximum Gasteiger partial charge on any atom is 0.343 e. The molecule has 0 N–H and O–H groups in total. The van der Waals surface area contributed by atoms with Crippen molar-refractivity contribution in [3.8, 4) is 5.75 Å². The van der Waals surface area contributed by atoms with Gasteiger partial charge in [-0.3, -0.25) is 9.69 Å². The number of benzene rings is 3. The predicted molar refractivity (Wildman–Crippen MR) is 124 cm³/mol. The third-order valence-corrected chi connectivity index (χ3v) is 7.23. The van der Waals surface area contributed by atoms with Crippen LogP contribution in [0.5, 0.6) is 5.75 Å². The van der Waals surface area contributed by atoms with Gasteiger partial charge < -0.3 is 4.74 Å². The SMILES string of the molecule is Cc1cc(C(=O)Oc2cccc3c2CCC3)ccc1N1C(=O)CSC1c1ccc(F)cc1. The molecule has 1 aliphatic heterocycles. The number of anilines is 1. The first kappa shape index (κ1) is 20.8. The van der Waals surface area contributed by atoms with Crippen molar-refractivity contribution in [2.45, 2.75) is 31.6 Å². The number of hydrogen-bond donors (Lipinski definition) is 0. The van der Waals surface area contributed by atoms with E-state index >= 15 is 0 Å². The largest absolute Gasteiger partial charge is 0.423 e. The fourth-order valence-electron chi connectivity index (χ4n) is 4.45. The van der Waals surface area contributed by atoms with Gasteiger partial charge in [0.25, 0.3) is 0 Å². The number of halogens is 1. The Morgan fingerprint density at radius 3 is 2.69 bits per heavy atom. The van der Waals surface area contributed by atoms with Gasteiger partial charge in [-0.1, -0.05) is 24.3 Å². The van der Waals surface area contributed by atoms with E-state index in [1.807, 2.05) is 19.1 Å². The van der Waals surface area contributed by atoms with Gasteiger partial charge in [-0.15, -0.1) is 11.8 Å². The van der Waals surface area contributed by atoms with Crippen molar-refractivity contribution in [2.24, 2.45) is 0 Å². The standard InChI is InChI=1S/C26H22FNO3S/c1-16-14-19(26(30)31-23-7-3-5-17-4-2-6-21(17)23)10-13-22(16)28-24(29)15-32-25(28)18-8-11-20(27)12-9-18/h3,5,7-14,25H,2,4,6,15H2,1H3. The molecule has 6 heteroatoms. The second kappa shape index (κ2) is 8.43. The molecule has 3 aromatic carbocycles. The van der Waals surface area contributed by atoms with Crippen molar-refractivity contribution >= 4 is 29.3 Å². The average Bonchev–Trinajstić information content (AvgIpc) is 3.42. The van der Waals surface area contributed by atoms with Crippen LogP contribution in [-0.2, 0) is 17.6 Å². The highest BCUT2D eigenvalue weighted by atomic mass is 32.2. The molecule has 0 bridgehead atoms. The van der Waals surface area contributed by atoms with E-state index in [0.717, 1.165) is 41.6 Å². The molecular formula is C26H22FNO3S. The van der Waals surface area contributed by atoms with E-state index in [1.54, 1.807) is 35.2 Å². The van der Waals surface area contributed by atoms with E-state index in [4.69, 9.17) is 4.74 Å². The Bertz CT molecular complexity index is 1210. The van der Waals surface area contributed by atoms with E-state index in [9.17, 15) is 14.0 Å². The summed E-state index contributed by atoms with van der Waals surface area (Å²) in [5.74, 6) is 0.261. The third-order valence-electron chi connectivity index (χ3n) is 6.02. The lowest BCUT2D eigenvalue weighted by Gasteiger charge is -2.26. The Morgan fingerprint density at radius 1 is 1.09 bits per heavy atom. The van der Waals surface area contributed by atoms with Gasteiger partial charge in [-0.05, 0) is 84.8 Å². The van der Waals surface area contributed by atoms with Gasteiger partial charge in [0, 0.05) is 5.69 Å². The summed E-state index contributed by atoms with van der Waals surface area (Å²) in [4.78, 5) is 27.3. The summed E-state index contributed by atoms with van der Waals surface area (Å²) in [6.45, 7) is 1.88. The van der Waals surface area contributed by atoms with Crippen LogP contribution in [0.25, 0.3) is 0 Å². The lowest BCUT2D eigenvalue weighted by molar-refractivity contribution is -0.115. The Labute approximate surface area is 190 Å². The zero-order valence-electron chi connectivity index (χ0n) is 17.6. The van der Waals surface area contributed by atoms with Crippen LogP contribution in [0.4, 0.5) is 10.1 Å². The normalized spacial score (nSPS) is 17.5. The minimum absolute atomic E-state index is 0.0115. The van der Waals surface area contributed by atoms with Crippen molar-refractivity contribution in [3.05, 3.63) is 94.3 Å². The van der Waals surface area contributed by atoms with Crippen LogP contribution in [0.2, 0.25) is 0 Å². The number of nitrogens with zero attached hydrogens (tertiary/aromatic N) is 1. The maximum absolute atomic E-state index is 13.4. The molecule has 1 unspecified atom stereocenters. The number of hydrogen-bond acceptors (Lipinski definition) is 4. The predicted octanol–water partition coefficient (Wildman–Crippen LogP) is 5.62. The molecule has 1 heterocycles. The number of aryl methyl sites for hydroxylation is 2. The summed E-state index contributed by atoms with van der Waals surface area (Å²) in [6, 6.07) is 17.3. The van der Waals surface area contributed by atoms with Crippen LogP contribution < -0.4 is 9.64 Å². The topological polar surface area (TPSA) is 46.6 Å². The van der Waals surface area contributed by atoms with Gasteiger partial charge in [-0.2, -0.15) is 0 Å². The molecule has 0 saturated carbocycles. The number of ether oxygens (including phenoxy) is 1. The summed E-state index contributed by atoms with van der Waals surface area (Å²) in [7, 11) is 0. The van der Waals surface area contributed by atoms with Crippen LogP contribution >= 0.6 is 11.8 Å². The molecule has 0 spiro atoms. The highest BCUT2D eigenvalue weighted by molar-refractivity contribution is 8.00. The Balaban J connectivity index is 1.40. The molecule has 0 aromatic heterocycles. The molecule has 3 aromatic rings. The van der Waals surface area contributed by atoms with E-state index in [0.29, 0.717) is 17.1 Å². The fraction of sp³-hybridized carbons (Fsp3) is 0.231. The van der Waals surface area contributed by atoms with E-state index in [2.05, 4.69) is 6.07 Å². The molecule has 162 valence electrons. The molecule has 1 amide bonds. The number of thioether (sulfide) groups is 1. The molecule has 1 fully saturated rings. The summed E-state index contributed by atoms with van der Waals surface area (Å²) < 4.78 is 19.1. The van der Waals surface area contributed by atoms with Crippen molar-refractivity contribution in [1.82, 2.24) is 0 Å². The number of carbonyl (C=O) groups is 2. The molecule has 32 heavy (non-hydrogen) atoms.